The van der Waals surface area contributed by atoms with E-state index in [1.807, 2.05) is 18.2 Å². The summed E-state index contributed by atoms with van der Waals surface area (Å²) in [7, 11) is -0.319. The van der Waals surface area contributed by atoms with Crippen molar-refractivity contribution in [2.45, 2.75) is 23.7 Å². The molecule has 1 amide bonds. The number of benzene rings is 2. The van der Waals surface area contributed by atoms with Crippen molar-refractivity contribution < 1.29 is 13.2 Å². The lowest BCUT2D eigenvalue weighted by molar-refractivity contribution is 0.0827. The summed E-state index contributed by atoms with van der Waals surface area (Å²) in [6, 6.07) is 16.4. The summed E-state index contributed by atoms with van der Waals surface area (Å²) in [6.07, 6.45) is 1.81. The van der Waals surface area contributed by atoms with Crippen molar-refractivity contribution in [3.05, 3.63) is 65.7 Å². The molecule has 1 aliphatic heterocycles. The molecule has 138 valence electrons. The van der Waals surface area contributed by atoms with E-state index in [0.29, 0.717) is 18.7 Å². The molecule has 0 aliphatic carbocycles. The van der Waals surface area contributed by atoms with Crippen LogP contribution in [0, 0.1) is 0 Å². The van der Waals surface area contributed by atoms with E-state index in [1.165, 1.54) is 16.5 Å². The number of nitrogens with zero attached hydrogens (tertiary/aromatic N) is 2. The molecule has 0 unspecified atom stereocenters. The Hall–Kier alpha value is -2.18. The highest BCUT2D eigenvalue weighted by molar-refractivity contribution is 7.89. The first-order chi connectivity index (χ1) is 12.4. The van der Waals surface area contributed by atoms with Gasteiger partial charge in [0.05, 0.1) is 4.90 Å². The molecule has 0 N–H and O–H groups in total. The van der Waals surface area contributed by atoms with Gasteiger partial charge in [0.25, 0.3) is 5.91 Å². The van der Waals surface area contributed by atoms with Gasteiger partial charge in [0.1, 0.15) is 0 Å². The third-order valence-electron chi connectivity index (χ3n) is 4.78. The molecule has 1 heterocycles. The highest BCUT2D eigenvalue weighted by atomic mass is 32.2. The third-order valence-corrected chi connectivity index (χ3v) is 6.64. The molecule has 0 bridgehead atoms. The Morgan fingerprint density at radius 2 is 1.81 bits per heavy atom. The monoisotopic (exact) mass is 372 g/mol. The molecule has 0 aromatic heterocycles. The van der Waals surface area contributed by atoms with Crippen LogP contribution in [0.5, 0.6) is 0 Å². The largest absolute Gasteiger partial charge is 0.345 e. The predicted molar refractivity (Wildman–Crippen MR) is 102 cm³/mol. The average molecular weight is 372 g/mol. The lowest BCUT2D eigenvalue weighted by Gasteiger charge is -2.32. The van der Waals surface area contributed by atoms with Crippen molar-refractivity contribution in [1.82, 2.24) is 9.21 Å². The lowest BCUT2D eigenvalue weighted by atomic mass is 9.92. The molecule has 0 spiro atoms. The third kappa shape index (κ3) is 3.81. The van der Waals surface area contributed by atoms with Gasteiger partial charge >= 0.3 is 0 Å². The Kier molecular flexibility index (Phi) is 5.44. The maximum atomic E-state index is 13.1. The van der Waals surface area contributed by atoms with Crippen LogP contribution in [0.1, 0.15) is 34.7 Å². The maximum Gasteiger partial charge on any atom is 0.253 e. The van der Waals surface area contributed by atoms with Gasteiger partial charge in [-0.05, 0) is 42.5 Å². The van der Waals surface area contributed by atoms with Crippen molar-refractivity contribution in [3.63, 3.8) is 0 Å². The number of amides is 1. The molecule has 0 radical (unpaired) electrons. The number of carbonyl (C=O) groups is 1. The Balaban J connectivity index is 1.86. The molecule has 1 atom stereocenters. The minimum absolute atomic E-state index is 0.180. The normalized spacial score (nSPS) is 18.5. The first kappa shape index (κ1) is 18.6. The van der Waals surface area contributed by atoms with E-state index in [-0.39, 0.29) is 16.7 Å². The van der Waals surface area contributed by atoms with Crippen LogP contribution in [0.4, 0.5) is 0 Å². The number of rotatable bonds is 4. The standard InChI is InChI=1S/C20H24N2O3S/c1-21(2)20(23)17-10-6-12-19(14-17)26(24,25)22-13-7-11-18(15-22)16-8-4-3-5-9-16/h3-6,8-10,12,14,18H,7,11,13,15H2,1-2H3/t18-/m1/s1. The van der Waals surface area contributed by atoms with Gasteiger partial charge in [-0.15, -0.1) is 0 Å². The SMILES string of the molecule is CN(C)C(=O)c1cccc(S(=O)(=O)N2CCC[C@@H](c3ccccc3)C2)c1. The van der Waals surface area contributed by atoms with E-state index in [2.05, 4.69) is 12.1 Å². The zero-order valence-corrected chi connectivity index (χ0v) is 15.9. The summed E-state index contributed by atoms with van der Waals surface area (Å²) in [5, 5.41) is 0. The quantitative estimate of drug-likeness (QED) is 0.829. The van der Waals surface area contributed by atoms with Crippen LogP contribution in [-0.4, -0.2) is 50.7 Å². The Morgan fingerprint density at radius 3 is 2.50 bits per heavy atom. The van der Waals surface area contributed by atoms with E-state index >= 15 is 0 Å². The minimum Gasteiger partial charge on any atom is -0.345 e. The zero-order valence-electron chi connectivity index (χ0n) is 15.1. The first-order valence-corrected chi connectivity index (χ1v) is 10.2. The lowest BCUT2D eigenvalue weighted by Crippen LogP contribution is -2.39. The molecule has 2 aromatic rings. The highest BCUT2D eigenvalue weighted by Crippen LogP contribution is 2.30. The second kappa shape index (κ2) is 7.60. The minimum atomic E-state index is -3.62. The van der Waals surface area contributed by atoms with Gasteiger partial charge in [-0.2, -0.15) is 4.31 Å². The molecule has 1 saturated heterocycles. The van der Waals surface area contributed by atoms with Crippen LogP contribution in [0.15, 0.2) is 59.5 Å². The Labute approximate surface area is 155 Å². The van der Waals surface area contributed by atoms with Crippen molar-refractivity contribution in [2.24, 2.45) is 0 Å². The van der Waals surface area contributed by atoms with Crippen molar-refractivity contribution >= 4 is 15.9 Å². The summed E-state index contributed by atoms with van der Waals surface area (Å²) in [5.74, 6) is -0.00540. The molecule has 0 saturated carbocycles. The van der Waals surface area contributed by atoms with Crippen molar-refractivity contribution in [3.8, 4) is 0 Å². The van der Waals surface area contributed by atoms with E-state index in [0.717, 1.165) is 12.8 Å². The Bertz CT molecular complexity index is 879. The summed E-state index contributed by atoms with van der Waals surface area (Å²) in [5.41, 5.74) is 1.55. The van der Waals surface area contributed by atoms with E-state index in [4.69, 9.17) is 0 Å². The van der Waals surface area contributed by atoms with Crippen LogP contribution >= 0.6 is 0 Å². The summed E-state index contributed by atoms with van der Waals surface area (Å²) in [6.45, 7) is 0.982. The van der Waals surface area contributed by atoms with Crippen LogP contribution in [0.2, 0.25) is 0 Å². The number of carbonyl (C=O) groups excluding carboxylic acids is 1. The van der Waals surface area contributed by atoms with Crippen molar-refractivity contribution in [1.29, 1.82) is 0 Å². The summed E-state index contributed by atoms with van der Waals surface area (Å²) in [4.78, 5) is 13.8. The Morgan fingerprint density at radius 1 is 1.08 bits per heavy atom. The summed E-state index contributed by atoms with van der Waals surface area (Å²) < 4.78 is 27.8. The maximum absolute atomic E-state index is 13.1. The molecule has 1 fully saturated rings. The van der Waals surface area contributed by atoms with Gasteiger partial charge in [0.2, 0.25) is 10.0 Å². The van der Waals surface area contributed by atoms with Crippen LogP contribution in [0.25, 0.3) is 0 Å². The molecule has 3 rings (SSSR count). The van der Waals surface area contributed by atoms with Crippen molar-refractivity contribution in [2.75, 3.05) is 27.2 Å². The van der Waals surface area contributed by atoms with Gasteiger partial charge < -0.3 is 4.90 Å². The number of hydrogen-bond acceptors (Lipinski definition) is 3. The van der Waals surface area contributed by atoms with Crippen LogP contribution in [-0.2, 0) is 10.0 Å². The van der Waals surface area contributed by atoms with E-state index < -0.39 is 10.0 Å². The molecule has 5 nitrogen and oxygen atoms in total. The molecule has 2 aromatic carbocycles. The second-order valence-electron chi connectivity index (χ2n) is 6.84. The molecule has 1 aliphatic rings. The zero-order chi connectivity index (χ0) is 18.7. The fraction of sp³-hybridized carbons (Fsp3) is 0.350. The van der Waals surface area contributed by atoms with Gasteiger partial charge in [0.15, 0.2) is 0 Å². The molecule has 6 heteroatoms. The smallest absolute Gasteiger partial charge is 0.253 e. The van der Waals surface area contributed by atoms with Gasteiger partial charge in [-0.1, -0.05) is 36.4 Å². The van der Waals surface area contributed by atoms with E-state index in [1.54, 1.807) is 36.6 Å². The van der Waals surface area contributed by atoms with Crippen LogP contribution in [0.3, 0.4) is 0 Å². The molecular formula is C20H24N2O3S. The first-order valence-electron chi connectivity index (χ1n) is 8.76. The fourth-order valence-electron chi connectivity index (χ4n) is 3.35. The van der Waals surface area contributed by atoms with Gasteiger partial charge in [-0.3, -0.25) is 4.79 Å². The van der Waals surface area contributed by atoms with Gasteiger partial charge in [0, 0.05) is 32.7 Å². The number of sulfonamides is 1. The second-order valence-corrected chi connectivity index (χ2v) is 8.78. The highest BCUT2D eigenvalue weighted by Gasteiger charge is 2.31. The predicted octanol–water partition coefficient (Wildman–Crippen LogP) is 2.96. The summed E-state index contributed by atoms with van der Waals surface area (Å²) >= 11 is 0. The fourth-order valence-corrected chi connectivity index (χ4v) is 4.93. The average Bonchev–Trinajstić information content (AvgIpc) is 2.68. The van der Waals surface area contributed by atoms with Gasteiger partial charge in [-0.25, -0.2) is 8.42 Å². The van der Waals surface area contributed by atoms with Crippen LogP contribution < -0.4 is 0 Å². The molecular weight excluding hydrogens is 348 g/mol. The van der Waals surface area contributed by atoms with E-state index in [9.17, 15) is 13.2 Å². The number of piperidine rings is 1. The molecule has 26 heavy (non-hydrogen) atoms. The number of hydrogen-bond donors (Lipinski definition) is 0. The topological polar surface area (TPSA) is 57.7 Å².